The molecule has 1 aromatic heterocycles. The van der Waals surface area contributed by atoms with Gasteiger partial charge >= 0.3 is 5.97 Å². The maximum Gasteiger partial charge on any atom is 0.324 e. The number of sulfonamides is 1. The summed E-state index contributed by atoms with van der Waals surface area (Å²) in [7, 11) is -3.78. The molecule has 8 heteroatoms. The highest BCUT2D eigenvalue weighted by Gasteiger charge is 2.27. The number of thiophene rings is 1. The number of nitrogens with one attached hydrogen (secondary N) is 1. The van der Waals surface area contributed by atoms with Gasteiger partial charge < -0.3 is 4.74 Å². The van der Waals surface area contributed by atoms with Crippen molar-refractivity contribution in [1.82, 2.24) is 4.72 Å². The van der Waals surface area contributed by atoms with Crippen LogP contribution in [0.15, 0.2) is 10.3 Å². The van der Waals surface area contributed by atoms with Crippen LogP contribution in [0.1, 0.15) is 33.3 Å². The van der Waals surface area contributed by atoms with Gasteiger partial charge in [-0.2, -0.15) is 4.72 Å². The van der Waals surface area contributed by atoms with Gasteiger partial charge in [-0.1, -0.05) is 11.6 Å². The molecule has 0 aromatic carbocycles. The van der Waals surface area contributed by atoms with Gasteiger partial charge in [-0.3, -0.25) is 4.79 Å². The molecule has 0 amide bonds. The Bertz CT molecular complexity index is 582. The Morgan fingerprint density at radius 3 is 2.40 bits per heavy atom. The average Bonchev–Trinajstić information content (AvgIpc) is 2.57. The van der Waals surface area contributed by atoms with Crippen molar-refractivity contribution < 1.29 is 17.9 Å². The van der Waals surface area contributed by atoms with E-state index in [1.165, 1.54) is 13.0 Å². The molecule has 0 fully saturated rings. The fraction of sp³-hybridized carbons (Fsp3) is 0.583. The Morgan fingerprint density at radius 1 is 1.45 bits per heavy atom. The second-order valence-electron chi connectivity index (χ2n) is 5.40. The number of carbonyl (C=O) groups is 1. The van der Waals surface area contributed by atoms with Gasteiger partial charge in [0.05, 0.1) is 4.34 Å². The normalized spacial score (nSPS) is 14.1. The van der Waals surface area contributed by atoms with Crippen molar-refractivity contribution in [2.45, 2.75) is 50.5 Å². The van der Waals surface area contributed by atoms with Gasteiger partial charge in [0.25, 0.3) is 10.0 Å². The third-order valence-corrected chi connectivity index (χ3v) is 5.76. The summed E-state index contributed by atoms with van der Waals surface area (Å²) in [6.07, 6.45) is 0. The summed E-state index contributed by atoms with van der Waals surface area (Å²) in [6, 6.07) is 0.498. The topological polar surface area (TPSA) is 72.5 Å². The van der Waals surface area contributed by atoms with Crippen LogP contribution in [0.25, 0.3) is 0 Å². The van der Waals surface area contributed by atoms with Crippen LogP contribution in [-0.4, -0.2) is 26.0 Å². The van der Waals surface area contributed by atoms with E-state index in [0.717, 1.165) is 11.3 Å². The lowest BCUT2D eigenvalue weighted by Crippen LogP contribution is -2.41. The number of ether oxygens (including phenoxy) is 1. The fourth-order valence-corrected chi connectivity index (χ4v) is 4.21. The molecule has 1 atom stereocenters. The molecule has 114 valence electrons. The highest BCUT2D eigenvalue weighted by molar-refractivity contribution is 7.91. The van der Waals surface area contributed by atoms with E-state index in [1.807, 2.05) is 0 Å². The molecule has 5 nitrogen and oxygen atoms in total. The smallest absolute Gasteiger partial charge is 0.324 e. The zero-order valence-electron chi connectivity index (χ0n) is 12.0. The lowest BCUT2D eigenvalue weighted by atomic mass is 10.2. The molecular weight excluding hydrogens is 322 g/mol. The van der Waals surface area contributed by atoms with Crippen LogP contribution < -0.4 is 4.72 Å². The number of halogens is 1. The largest absolute Gasteiger partial charge is 0.459 e. The van der Waals surface area contributed by atoms with Gasteiger partial charge in [-0.15, -0.1) is 11.3 Å². The average molecular weight is 340 g/mol. The minimum absolute atomic E-state index is 0.0791. The first-order chi connectivity index (χ1) is 8.92. The highest BCUT2D eigenvalue weighted by atomic mass is 35.5. The summed E-state index contributed by atoms with van der Waals surface area (Å²) >= 11 is 6.81. The molecule has 1 heterocycles. The maximum atomic E-state index is 12.1. The highest BCUT2D eigenvalue weighted by Crippen LogP contribution is 2.30. The predicted octanol–water partition coefficient (Wildman–Crippen LogP) is 2.72. The van der Waals surface area contributed by atoms with Crippen LogP contribution in [0, 0.1) is 6.92 Å². The number of esters is 1. The summed E-state index contributed by atoms with van der Waals surface area (Å²) in [5.41, 5.74) is 0.0153. The van der Waals surface area contributed by atoms with Crippen LogP contribution in [0.2, 0.25) is 4.34 Å². The van der Waals surface area contributed by atoms with Gasteiger partial charge in [0.2, 0.25) is 0 Å². The van der Waals surface area contributed by atoms with Crippen LogP contribution in [0.5, 0.6) is 0 Å². The standard InChI is InChI=1S/C12H18ClNO4S2/c1-7-6-9(19-10(7)13)20(16,17)14-8(2)11(15)18-12(3,4)5/h6,8,14H,1-5H3/t8-/m0/s1. The van der Waals surface area contributed by atoms with Crippen molar-refractivity contribution in [2.75, 3.05) is 0 Å². The number of hydrogen-bond donors (Lipinski definition) is 1. The van der Waals surface area contributed by atoms with Gasteiger partial charge in [0.15, 0.2) is 0 Å². The van der Waals surface area contributed by atoms with E-state index in [9.17, 15) is 13.2 Å². The minimum Gasteiger partial charge on any atom is -0.459 e. The first kappa shape index (κ1) is 17.4. The maximum absolute atomic E-state index is 12.1. The monoisotopic (exact) mass is 339 g/mol. The first-order valence-electron chi connectivity index (χ1n) is 5.93. The van der Waals surface area contributed by atoms with Crippen molar-refractivity contribution >= 4 is 38.9 Å². The number of hydrogen-bond acceptors (Lipinski definition) is 5. The lowest BCUT2D eigenvalue weighted by Gasteiger charge is -2.22. The number of carbonyl (C=O) groups excluding carboxylic acids is 1. The molecule has 0 saturated carbocycles. The molecule has 0 aliphatic heterocycles. The first-order valence-corrected chi connectivity index (χ1v) is 8.61. The van der Waals surface area contributed by atoms with Crippen LogP contribution in [0.3, 0.4) is 0 Å². The van der Waals surface area contributed by atoms with Crippen molar-refractivity contribution in [2.24, 2.45) is 0 Å². The van der Waals surface area contributed by atoms with Crippen molar-refractivity contribution in [3.63, 3.8) is 0 Å². The third kappa shape index (κ3) is 4.73. The molecule has 0 radical (unpaired) electrons. The molecule has 1 rings (SSSR count). The van der Waals surface area contributed by atoms with E-state index in [1.54, 1.807) is 27.7 Å². The van der Waals surface area contributed by atoms with Crippen molar-refractivity contribution in [1.29, 1.82) is 0 Å². The molecule has 0 spiro atoms. The molecule has 0 aliphatic rings. The van der Waals surface area contributed by atoms with E-state index in [4.69, 9.17) is 16.3 Å². The molecule has 20 heavy (non-hydrogen) atoms. The number of aryl methyl sites for hydroxylation is 1. The summed E-state index contributed by atoms with van der Waals surface area (Å²) < 4.78 is 32.1. The zero-order valence-corrected chi connectivity index (χ0v) is 14.4. The molecule has 0 bridgehead atoms. The van der Waals surface area contributed by atoms with Gasteiger partial charge in [0, 0.05) is 0 Å². The number of rotatable bonds is 4. The van der Waals surface area contributed by atoms with E-state index in [-0.39, 0.29) is 4.21 Å². The van der Waals surface area contributed by atoms with E-state index in [0.29, 0.717) is 9.90 Å². The van der Waals surface area contributed by atoms with Crippen LogP contribution in [0.4, 0.5) is 0 Å². The lowest BCUT2D eigenvalue weighted by molar-refractivity contribution is -0.156. The molecule has 0 aliphatic carbocycles. The molecule has 0 unspecified atom stereocenters. The molecule has 0 saturated heterocycles. The van der Waals surface area contributed by atoms with E-state index >= 15 is 0 Å². The third-order valence-electron chi connectivity index (χ3n) is 2.19. The SMILES string of the molecule is Cc1cc(S(=O)(=O)N[C@@H](C)C(=O)OC(C)(C)C)sc1Cl. The summed E-state index contributed by atoms with van der Waals surface area (Å²) in [6.45, 7) is 8.31. The van der Waals surface area contributed by atoms with E-state index in [2.05, 4.69) is 4.72 Å². The summed E-state index contributed by atoms with van der Waals surface area (Å²) in [5.74, 6) is -0.625. The Morgan fingerprint density at radius 2 is 2.00 bits per heavy atom. The second kappa shape index (κ2) is 6.01. The Balaban J connectivity index is 2.83. The molecule has 1 N–H and O–H groups in total. The molecular formula is C12H18ClNO4S2. The second-order valence-corrected chi connectivity index (χ2v) is 8.99. The van der Waals surface area contributed by atoms with Gasteiger partial charge in [-0.05, 0) is 46.2 Å². The zero-order chi connectivity index (χ0) is 15.7. The van der Waals surface area contributed by atoms with Gasteiger partial charge in [-0.25, -0.2) is 8.42 Å². The summed E-state index contributed by atoms with van der Waals surface area (Å²) in [5, 5.41) is 0. The Labute approximate surface area is 128 Å². The fourth-order valence-electron chi connectivity index (χ4n) is 1.29. The quantitative estimate of drug-likeness (QED) is 0.856. The molecule has 1 aromatic rings. The van der Waals surface area contributed by atoms with Crippen molar-refractivity contribution in [3.05, 3.63) is 16.0 Å². The Hall–Kier alpha value is -0.630. The van der Waals surface area contributed by atoms with Crippen molar-refractivity contribution in [3.8, 4) is 0 Å². The predicted molar refractivity (Wildman–Crippen MR) is 79.7 cm³/mol. The van der Waals surface area contributed by atoms with Crippen LogP contribution >= 0.6 is 22.9 Å². The minimum atomic E-state index is -3.78. The Kier molecular flexibility index (Phi) is 5.23. The van der Waals surface area contributed by atoms with Gasteiger partial charge in [0.1, 0.15) is 15.9 Å². The van der Waals surface area contributed by atoms with Crippen LogP contribution in [-0.2, 0) is 19.6 Å². The summed E-state index contributed by atoms with van der Waals surface area (Å²) in [4.78, 5) is 11.8. The van der Waals surface area contributed by atoms with E-state index < -0.39 is 27.6 Å².